The summed E-state index contributed by atoms with van der Waals surface area (Å²) in [5, 5.41) is 10.7. The number of likely N-dealkylation sites (N-methyl/N-ethyl adjacent to an activating group) is 1. The van der Waals surface area contributed by atoms with E-state index in [9.17, 15) is 13.6 Å². The predicted molar refractivity (Wildman–Crippen MR) is 124 cm³/mol. The number of rotatable bonds is 9. The van der Waals surface area contributed by atoms with Crippen LogP contribution < -0.4 is 10.6 Å². The molecule has 0 aromatic carbocycles. The Morgan fingerprint density at radius 2 is 2.18 bits per heavy atom. The third-order valence-electron chi connectivity index (χ3n) is 6.15. The molecule has 4 rings (SSSR count). The number of hydrogen-bond acceptors (Lipinski definition) is 8. The van der Waals surface area contributed by atoms with Gasteiger partial charge in [0.05, 0.1) is 23.0 Å². The van der Waals surface area contributed by atoms with Gasteiger partial charge in [-0.15, -0.1) is 0 Å². The second-order valence-electron chi connectivity index (χ2n) is 8.80. The molecule has 2 aliphatic heterocycles. The molecule has 2 fully saturated rings. The maximum atomic E-state index is 13.5. The summed E-state index contributed by atoms with van der Waals surface area (Å²) in [6.07, 6.45) is 2.78. The summed E-state index contributed by atoms with van der Waals surface area (Å²) in [4.78, 5) is 24.4. The number of nitrogens with zero attached hydrogens (tertiary/aromatic N) is 6. The molecule has 186 valence electrons. The summed E-state index contributed by atoms with van der Waals surface area (Å²) in [6.45, 7) is 6.09. The van der Waals surface area contributed by atoms with Crippen LogP contribution in [0.15, 0.2) is 12.4 Å². The first-order valence-corrected chi connectivity index (χ1v) is 11.7. The molecule has 0 radical (unpaired) electrons. The molecule has 2 saturated heterocycles. The fourth-order valence-electron chi connectivity index (χ4n) is 4.24. The second-order valence-corrected chi connectivity index (χ2v) is 8.80. The standard InChI is InChI=1S/C22H32F2N8O2/c1-15-18(13-32(29-15)16-5-9-30(2)12-16)27-22-26-11-17(20(23)24)21(28-22)25-6-3-7-31-8-4-10-34-14-19(31)33/h11,13,16,20H,3-10,12,14H2,1-2H3,(H2,25,26,27,28). The monoisotopic (exact) mass is 478 g/mol. The molecule has 4 heterocycles. The topological polar surface area (TPSA) is 100 Å². The Morgan fingerprint density at radius 1 is 1.32 bits per heavy atom. The number of ether oxygens (including phenoxy) is 1. The molecule has 1 unspecified atom stereocenters. The number of halogens is 2. The Kier molecular flexibility index (Phi) is 7.88. The maximum Gasteiger partial charge on any atom is 0.268 e. The van der Waals surface area contributed by atoms with Gasteiger partial charge in [0.25, 0.3) is 6.43 Å². The van der Waals surface area contributed by atoms with Gasteiger partial charge in [0.2, 0.25) is 11.9 Å². The van der Waals surface area contributed by atoms with E-state index in [4.69, 9.17) is 4.74 Å². The van der Waals surface area contributed by atoms with Crippen molar-refractivity contribution in [3.63, 3.8) is 0 Å². The zero-order valence-corrected chi connectivity index (χ0v) is 19.6. The van der Waals surface area contributed by atoms with Crippen LogP contribution in [0.4, 0.5) is 26.2 Å². The van der Waals surface area contributed by atoms with Crippen LogP contribution in [-0.4, -0.2) is 88.4 Å². The Hall–Kier alpha value is -2.86. The third kappa shape index (κ3) is 5.98. The molecule has 0 aliphatic carbocycles. The van der Waals surface area contributed by atoms with Crippen molar-refractivity contribution >= 4 is 23.4 Å². The average molecular weight is 479 g/mol. The number of nitrogens with one attached hydrogen (secondary N) is 2. The second kappa shape index (κ2) is 11.0. The lowest BCUT2D eigenvalue weighted by Crippen LogP contribution is -2.34. The number of aromatic nitrogens is 4. The number of carbonyl (C=O) groups excluding carboxylic acids is 1. The van der Waals surface area contributed by atoms with Gasteiger partial charge in [-0.2, -0.15) is 10.1 Å². The summed E-state index contributed by atoms with van der Waals surface area (Å²) in [5.41, 5.74) is 1.27. The van der Waals surface area contributed by atoms with Crippen LogP contribution in [0.2, 0.25) is 0 Å². The van der Waals surface area contributed by atoms with Gasteiger partial charge < -0.3 is 25.2 Å². The summed E-state index contributed by atoms with van der Waals surface area (Å²) in [7, 11) is 2.09. The molecule has 10 nitrogen and oxygen atoms in total. The fourth-order valence-corrected chi connectivity index (χ4v) is 4.24. The molecule has 34 heavy (non-hydrogen) atoms. The predicted octanol–water partition coefficient (Wildman–Crippen LogP) is 2.59. The molecule has 0 saturated carbocycles. The summed E-state index contributed by atoms with van der Waals surface area (Å²) in [5.74, 6) is 0.262. The number of likely N-dealkylation sites (tertiary alicyclic amines) is 1. The molecule has 12 heteroatoms. The molecule has 0 spiro atoms. The lowest BCUT2D eigenvalue weighted by atomic mass is 10.3. The molecular formula is C22H32F2N8O2. The zero-order chi connectivity index (χ0) is 24.1. The van der Waals surface area contributed by atoms with E-state index in [2.05, 4.69) is 37.6 Å². The Labute approximate surface area is 197 Å². The van der Waals surface area contributed by atoms with Gasteiger partial charge in [-0.25, -0.2) is 13.8 Å². The molecule has 2 aromatic heterocycles. The number of hydrogen-bond donors (Lipinski definition) is 2. The highest BCUT2D eigenvalue weighted by molar-refractivity contribution is 5.77. The first kappa shape index (κ1) is 24.3. The van der Waals surface area contributed by atoms with Crippen LogP contribution in [0.1, 0.15) is 43.0 Å². The van der Waals surface area contributed by atoms with Crippen molar-refractivity contribution < 1.29 is 18.3 Å². The first-order chi connectivity index (χ1) is 16.4. The normalized spacial score (nSPS) is 19.6. The van der Waals surface area contributed by atoms with E-state index in [0.29, 0.717) is 38.7 Å². The van der Waals surface area contributed by atoms with Gasteiger partial charge in [0.15, 0.2) is 0 Å². The summed E-state index contributed by atoms with van der Waals surface area (Å²) in [6, 6.07) is 0.307. The minimum atomic E-state index is -2.70. The molecule has 2 N–H and O–H groups in total. The smallest absolute Gasteiger partial charge is 0.268 e. The molecule has 2 aromatic rings. The van der Waals surface area contributed by atoms with Crippen LogP contribution in [-0.2, 0) is 9.53 Å². The number of aryl methyl sites for hydroxylation is 1. The zero-order valence-electron chi connectivity index (χ0n) is 19.6. The van der Waals surface area contributed by atoms with Gasteiger partial charge in [-0.05, 0) is 39.8 Å². The van der Waals surface area contributed by atoms with Crippen molar-refractivity contribution in [3.8, 4) is 0 Å². The van der Waals surface area contributed by atoms with Gasteiger partial charge in [0, 0.05) is 45.2 Å². The van der Waals surface area contributed by atoms with E-state index in [-0.39, 0.29) is 29.8 Å². The van der Waals surface area contributed by atoms with E-state index in [1.165, 1.54) is 0 Å². The minimum Gasteiger partial charge on any atom is -0.372 e. The van der Waals surface area contributed by atoms with Crippen molar-refractivity contribution in [2.75, 3.05) is 63.6 Å². The minimum absolute atomic E-state index is 0.0422. The fraction of sp³-hybridized carbons (Fsp3) is 0.636. The number of anilines is 3. The first-order valence-electron chi connectivity index (χ1n) is 11.7. The number of amides is 1. The van der Waals surface area contributed by atoms with E-state index < -0.39 is 6.43 Å². The SMILES string of the molecule is Cc1nn(C2CCN(C)C2)cc1Nc1ncc(C(F)F)c(NCCCN2CCCOCC2=O)n1. The lowest BCUT2D eigenvalue weighted by Gasteiger charge is -2.20. The third-order valence-corrected chi connectivity index (χ3v) is 6.15. The lowest BCUT2D eigenvalue weighted by molar-refractivity contribution is -0.133. The Bertz CT molecular complexity index is 986. The van der Waals surface area contributed by atoms with E-state index in [0.717, 1.165) is 43.5 Å². The van der Waals surface area contributed by atoms with Crippen molar-refractivity contribution in [2.24, 2.45) is 0 Å². The highest BCUT2D eigenvalue weighted by Crippen LogP contribution is 2.28. The van der Waals surface area contributed by atoms with Crippen molar-refractivity contribution in [1.29, 1.82) is 0 Å². The van der Waals surface area contributed by atoms with Gasteiger partial charge in [-0.1, -0.05) is 0 Å². The number of carbonyl (C=O) groups is 1. The molecule has 1 amide bonds. The quantitative estimate of drug-likeness (QED) is 0.531. The summed E-state index contributed by atoms with van der Waals surface area (Å²) < 4.78 is 34.2. The molecular weight excluding hydrogens is 446 g/mol. The molecule has 2 aliphatic rings. The van der Waals surface area contributed by atoms with Gasteiger partial charge in [-0.3, -0.25) is 9.48 Å². The van der Waals surface area contributed by atoms with Crippen molar-refractivity contribution in [1.82, 2.24) is 29.5 Å². The maximum absolute atomic E-state index is 13.5. The van der Waals surface area contributed by atoms with Gasteiger partial charge in [0.1, 0.15) is 12.4 Å². The van der Waals surface area contributed by atoms with Crippen LogP contribution >= 0.6 is 0 Å². The van der Waals surface area contributed by atoms with Crippen LogP contribution in [0.5, 0.6) is 0 Å². The Morgan fingerprint density at radius 3 is 2.94 bits per heavy atom. The van der Waals surface area contributed by atoms with E-state index in [1.807, 2.05) is 17.8 Å². The van der Waals surface area contributed by atoms with Gasteiger partial charge >= 0.3 is 0 Å². The largest absolute Gasteiger partial charge is 0.372 e. The van der Waals surface area contributed by atoms with Crippen LogP contribution in [0, 0.1) is 6.92 Å². The van der Waals surface area contributed by atoms with E-state index >= 15 is 0 Å². The molecule has 0 bridgehead atoms. The molecule has 1 atom stereocenters. The van der Waals surface area contributed by atoms with Crippen molar-refractivity contribution in [3.05, 3.63) is 23.7 Å². The highest BCUT2D eigenvalue weighted by atomic mass is 19.3. The van der Waals surface area contributed by atoms with E-state index in [1.54, 1.807) is 4.90 Å². The van der Waals surface area contributed by atoms with Crippen LogP contribution in [0.25, 0.3) is 0 Å². The summed E-state index contributed by atoms with van der Waals surface area (Å²) >= 11 is 0. The Balaban J connectivity index is 1.39. The van der Waals surface area contributed by atoms with Crippen molar-refractivity contribution in [2.45, 2.75) is 38.7 Å². The highest BCUT2D eigenvalue weighted by Gasteiger charge is 2.23. The average Bonchev–Trinajstić information content (AvgIpc) is 3.33. The number of alkyl halides is 2. The van der Waals surface area contributed by atoms with Crippen LogP contribution in [0.3, 0.4) is 0 Å².